The molecule has 0 radical (unpaired) electrons. The van der Waals surface area contributed by atoms with Crippen molar-refractivity contribution in [2.45, 2.75) is 57.2 Å². The molecular formula is C26H37N5O4. The number of carbonyl (C=O) groups is 2. The normalized spacial score (nSPS) is 20.6. The highest BCUT2D eigenvalue weighted by molar-refractivity contribution is 6.00. The Kier molecular flexibility index (Phi) is 7.35. The molecule has 1 aliphatic heterocycles. The molecule has 1 N–H and O–H groups in total. The highest BCUT2D eigenvalue weighted by atomic mass is 16.5. The Morgan fingerprint density at radius 2 is 1.86 bits per heavy atom. The van der Waals surface area contributed by atoms with Gasteiger partial charge in [0.1, 0.15) is 11.2 Å². The van der Waals surface area contributed by atoms with E-state index in [9.17, 15) is 9.59 Å². The van der Waals surface area contributed by atoms with Gasteiger partial charge in [0.05, 0.1) is 26.5 Å². The second-order valence-corrected chi connectivity index (χ2v) is 9.98. The highest BCUT2D eigenvalue weighted by Gasteiger charge is 2.48. The number of hydrogen-bond acceptors (Lipinski definition) is 6. The van der Waals surface area contributed by atoms with Crippen LogP contribution < -0.4 is 14.8 Å². The van der Waals surface area contributed by atoms with Gasteiger partial charge >= 0.3 is 0 Å². The zero-order valence-electron chi connectivity index (χ0n) is 21.5. The van der Waals surface area contributed by atoms with E-state index in [1.165, 1.54) is 6.42 Å². The molecule has 9 heteroatoms. The molecule has 1 saturated carbocycles. The Morgan fingerprint density at radius 3 is 2.51 bits per heavy atom. The van der Waals surface area contributed by atoms with E-state index < -0.39 is 5.54 Å². The number of benzene rings is 1. The van der Waals surface area contributed by atoms with E-state index in [2.05, 4.69) is 5.32 Å². The predicted molar refractivity (Wildman–Crippen MR) is 134 cm³/mol. The summed E-state index contributed by atoms with van der Waals surface area (Å²) in [4.78, 5) is 31.1. The summed E-state index contributed by atoms with van der Waals surface area (Å²) in [5, 5.41) is 7.99. The Morgan fingerprint density at radius 1 is 1.14 bits per heavy atom. The summed E-state index contributed by atoms with van der Waals surface area (Å²) in [5.74, 6) is 0.925. The van der Waals surface area contributed by atoms with Gasteiger partial charge < -0.3 is 24.6 Å². The Labute approximate surface area is 207 Å². The number of likely N-dealkylation sites (N-methyl/N-ethyl adjacent to an activating group) is 1. The van der Waals surface area contributed by atoms with E-state index in [-0.39, 0.29) is 17.9 Å². The molecule has 1 unspecified atom stereocenters. The fourth-order valence-electron chi connectivity index (χ4n) is 5.02. The number of methoxy groups -OCH3 is 2. The molecule has 1 fully saturated rings. The average molecular weight is 484 g/mol. The number of ether oxygens (including phenoxy) is 2. The summed E-state index contributed by atoms with van der Waals surface area (Å²) in [6, 6.07) is 7.51. The molecule has 4 rings (SSSR count). The Bertz CT molecular complexity index is 1080. The summed E-state index contributed by atoms with van der Waals surface area (Å²) < 4.78 is 12.5. The standard InChI is InChI=1S/C26H37N5O4/c1-26(25(33)27-19-9-7-6-8-10-19)17-31-21(24(32)30(26)14-13-29(2)3)16-20(28-31)18-11-12-22(34-4)23(15-18)35-5/h11-12,15-16,19H,6-10,13-14,17H2,1-5H3,(H,27,33). The lowest BCUT2D eigenvalue weighted by Gasteiger charge is -2.44. The number of fused-ring (bicyclic) bond motifs is 1. The highest BCUT2D eigenvalue weighted by Crippen LogP contribution is 2.34. The largest absolute Gasteiger partial charge is 0.493 e. The lowest BCUT2D eigenvalue weighted by Crippen LogP contribution is -2.65. The molecule has 1 aromatic heterocycles. The van der Waals surface area contributed by atoms with Crippen LogP contribution in [0.15, 0.2) is 24.3 Å². The molecule has 2 aromatic rings. The molecule has 1 aromatic carbocycles. The van der Waals surface area contributed by atoms with Gasteiger partial charge in [0.25, 0.3) is 5.91 Å². The number of nitrogens with one attached hydrogen (secondary N) is 1. The minimum Gasteiger partial charge on any atom is -0.493 e. The first-order valence-electron chi connectivity index (χ1n) is 12.3. The predicted octanol–water partition coefficient (Wildman–Crippen LogP) is 2.79. The van der Waals surface area contributed by atoms with Gasteiger partial charge in [0.15, 0.2) is 11.5 Å². The first-order chi connectivity index (χ1) is 16.8. The zero-order chi connectivity index (χ0) is 25.2. The molecule has 2 heterocycles. The summed E-state index contributed by atoms with van der Waals surface area (Å²) in [5.41, 5.74) is 0.916. The molecule has 2 aliphatic rings. The third-order valence-corrected chi connectivity index (χ3v) is 7.18. The van der Waals surface area contributed by atoms with Crippen molar-refractivity contribution in [3.8, 4) is 22.8 Å². The van der Waals surface area contributed by atoms with E-state index >= 15 is 0 Å². The third-order valence-electron chi connectivity index (χ3n) is 7.18. The maximum absolute atomic E-state index is 13.7. The number of aromatic nitrogens is 2. The molecule has 1 aliphatic carbocycles. The maximum Gasteiger partial charge on any atom is 0.273 e. The number of nitrogens with zero attached hydrogens (tertiary/aromatic N) is 4. The summed E-state index contributed by atoms with van der Waals surface area (Å²) in [7, 11) is 7.11. The SMILES string of the molecule is COc1ccc(-c2cc3n(n2)CC(C)(C(=O)NC2CCCCC2)N(CCN(C)C)C3=O)cc1OC. The van der Waals surface area contributed by atoms with Crippen molar-refractivity contribution in [3.63, 3.8) is 0 Å². The summed E-state index contributed by atoms with van der Waals surface area (Å²) in [6.45, 7) is 3.28. The number of amides is 2. The summed E-state index contributed by atoms with van der Waals surface area (Å²) >= 11 is 0. The monoisotopic (exact) mass is 483 g/mol. The van der Waals surface area contributed by atoms with Crippen LogP contribution in [-0.2, 0) is 11.3 Å². The van der Waals surface area contributed by atoms with Crippen molar-refractivity contribution in [3.05, 3.63) is 30.0 Å². The zero-order valence-corrected chi connectivity index (χ0v) is 21.5. The van der Waals surface area contributed by atoms with E-state index in [1.807, 2.05) is 44.1 Å². The van der Waals surface area contributed by atoms with E-state index in [0.29, 0.717) is 42.5 Å². The first kappa shape index (κ1) is 25.0. The van der Waals surface area contributed by atoms with Gasteiger partial charge in [-0.1, -0.05) is 19.3 Å². The van der Waals surface area contributed by atoms with Crippen LogP contribution in [0.25, 0.3) is 11.3 Å². The van der Waals surface area contributed by atoms with Gasteiger partial charge in [-0.25, -0.2) is 0 Å². The minimum atomic E-state index is -1.03. The van der Waals surface area contributed by atoms with Crippen molar-refractivity contribution >= 4 is 11.8 Å². The van der Waals surface area contributed by atoms with Crippen molar-refractivity contribution in [2.75, 3.05) is 41.4 Å². The number of hydrogen-bond donors (Lipinski definition) is 1. The van der Waals surface area contributed by atoms with Gasteiger partial charge in [0.2, 0.25) is 5.91 Å². The third kappa shape index (κ3) is 5.00. The minimum absolute atomic E-state index is 0.106. The quantitative estimate of drug-likeness (QED) is 0.621. The fourth-order valence-corrected chi connectivity index (χ4v) is 5.02. The molecular weight excluding hydrogens is 446 g/mol. The smallest absolute Gasteiger partial charge is 0.273 e. The van der Waals surface area contributed by atoms with Crippen LogP contribution in [0.4, 0.5) is 0 Å². The van der Waals surface area contributed by atoms with Crippen LogP contribution in [0.1, 0.15) is 49.5 Å². The maximum atomic E-state index is 13.7. The second-order valence-electron chi connectivity index (χ2n) is 9.98. The Balaban J connectivity index is 1.67. The van der Waals surface area contributed by atoms with Gasteiger partial charge in [-0.05, 0) is 58.1 Å². The van der Waals surface area contributed by atoms with Crippen molar-refractivity contribution in [2.24, 2.45) is 0 Å². The van der Waals surface area contributed by atoms with Crippen LogP contribution in [0, 0.1) is 0 Å². The van der Waals surface area contributed by atoms with Gasteiger partial charge in [-0.15, -0.1) is 0 Å². The molecule has 9 nitrogen and oxygen atoms in total. The molecule has 2 amide bonds. The number of carbonyl (C=O) groups excluding carboxylic acids is 2. The molecule has 35 heavy (non-hydrogen) atoms. The second kappa shape index (κ2) is 10.3. The van der Waals surface area contributed by atoms with E-state index in [1.54, 1.807) is 29.9 Å². The van der Waals surface area contributed by atoms with Crippen LogP contribution >= 0.6 is 0 Å². The van der Waals surface area contributed by atoms with E-state index in [4.69, 9.17) is 14.6 Å². The van der Waals surface area contributed by atoms with Gasteiger partial charge in [-0.3, -0.25) is 14.3 Å². The number of rotatable bonds is 8. The lowest BCUT2D eigenvalue weighted by atomic mass is 9.91. The van der Waals surface area contributed by atoms with Gasteiger partial charge in [-0.2, -0.15) is 5.10 Å². The van der Waals surface area contributed by atoms with Crippen LogP contribution in [0.5, 0.6) is 11.5 Å². The Hall–Kier alpha value is -3.07. The van der Waals surface area contributed by atoms with Crippen LogP contribution in [0.2, 0.25) is 0 Å². The van der Waals surface area contributed by atoms with Gasteiger partial charge in [0, 0.05) is 24.7 Å². The van der Waals surface area contributed by atoms with Crippen molar-refractivity contribution < 1.29 is 19.1 Å². The topological polar surface area (TPSA) is 88.9 Å². The lowest BCUT2D eigenvalue weighted by molar-refractivity contribution is -0.134. The molecule has 0 bridgehead atoms. The molecule has 190 valence electrons. The van der Waals surface area contributed by atoms with Crippen molar-refractivity contribution in [1.29, 1.82) is 0 Å². The molecule has 1 atom stereocenters. The molecule has 0 saturated heterocycles. The van der Waals surface area contributed by atoms with E-state index in [0.717, 1.165) is 31.2 Å². The summed E-state index contributed by atoms with van der Waals surface area (Å²) in [6.07, 6.45) is 5.45. The van der Waals surface area contributed by atoms with Crippen LogP contribution in [0.3, 0.4) is 0 Å². The fraction of sp³-hybridized carbons (Fsp3) is 0.577. The van der Waals surface area contributed by atoms with Crippen LogP contribution in [-0.4, -0.2) is 84.4 Å². The molecule has 0 spiro atoms. The first-order valence-corrected chi connectivity index (χ1v) is 12.3. The average Bonchev–Trinajstić information content (AvgIpc) is 3.27. The van der Waals surface area contributed by atoms with Crippen molar-refractivity contribution in [1.82, 2.24) is 24.9 Å².